The van der Waals surface area contributed by atoms with Crippen molar-refractivity contribution in [2.24, 2.45) is 0 Å². The van der Waals surface area contributed by atoms with Crippen LogP contribution in [-0.4, -0.2) is 37.8 Å². The molecule has 0 aliphatic rings. The van der Waals surface area contributed by atoms with Crippen molar-refractivity contribution < 1.29 is 36.3 Å². The van der Waals surface area contributed by atoms with Crippen LogP contribution in [0.15, 0.2) is 23.1 Å². The Morgan fingerprint density at radius 2 is 1.80 bits per heavy atom. The molecule has 0 aliphatic heterocycles. The topological polar surface area (TPSA) is 101 Å². The van der Waals surface area contributed by atoms with E-state index in [0.717, 1.165) is 18.4 Å². The second-order valence-corrected chi connectivity index (χ2v) is 5.75. The van der Waals surface area contributed by atoms with Crippen molar-refractivity contribution in [3.8, 4) is 0 Å². The lowest BCUT2D eigenvalue weighted by molar-refractivity contribution is -0.167. The average Bonchev–Trinajstić information content (AvgIpc) is 2.26. The number of alkyl halides is 3. The van der Waals surface area contributed by atoms with E-state index in [-0.39, 0.29) is 4.90 Å². The van der Waals surface area contributed by atoms with E-state index < -0.39 is 39.1 Å². The fourth-order valence-electron chi connectivity index (χ4n) is 1.23. The molecule has 110 valence electrons. The van der Waals surface area contributed by atoms with Gasteiger partial charge >= 0.3 is 18.1 Å². The number of benzene rings is 1. The molecule has 20 heavy (non-hydrogen) atoms. The highest BCUT2D eigenvalue weighted by atomic mass is 32.2. The van der Waals surface area contributed by atoms with Crippen LogP contribution in [0.25, 0.3) is 0 Å². The molecule has 0 atom stereocenters. The summed E-state index contributed by atoms with van der Waals surface area (Å²) < 4.78 is 58.7. The van der Waals surface area contributed by atoms with Crippen LogP contribution >= 0.6 is 0 Å². The Kier molecular flexibility index (Phi) is 4.08. The van der Waals surface area contributed by atoms with Crippen molar-refractivity contribution in [3.63, 3.8) is 0 Å². The number of aromatic carboxylic acids is 1. The van der Waals surface area contributed by atoms with Gasteiger partial charge in [0, 0.05) is 6.26 Å². The minimum Gasteiger partial charge on any atom is -0.478 e. The maximum atomic E-state index is 12.1. The van der Waals surface area contributed by atoms with E-state index in [1.54, 1.807) is 0 Å². The zero-order valence-electron chi connectivity index (χ0n) is 9.85. The van der Waals surface area contributed by atoms with Crippen LogP contribution in [0.2, 0.25) is 0 Å². The van der Waals surface area contributed by atoms with Crippen molar-refractivity contribution in [3.05, 3.63) is 23.8 Å². The van der Waals surface area contributed by atoms with Gasteiger partial charge in [-0.3, -0.25) is 4.79 Å². The van der Waals surface area contributed by atoms with Gasteiger partial charge in [-0.15, -0.1) is 0 Å². The fraction of sp³-hybridized carbons (Fsp3) is 0.200. The lowest BCUT2D eigenvalue weighted by Gasteiger charge is -2.11. The Morgan fingerprint density at radius 1 is 1.25 bits per heavy atom. The van der Waals surface area contributed by atoms with Crippen molar-refractivity contribution in [2.75, 3.05) is 11.6 Å². The molecule has 6 nitrogen and oxygen atoms in total. The monoisotopic (exact) mass is 311 g/mol. The van der Waals surface area contributed by atoms with Crippen LogP contribution in [0.4, 0.5) is 18.9 Å². The summed E-state index contributed by atoms with van der Waals surface area (Å²) in [6.45, 7) is 0. The molecule has 0 bridgehead atoms. The number of rotatable bonds is 3. The predicted molar refractivity (Wildman–Crippen MR) is 61.2 cm³/mol. The third-order valence-electron chi connectivity index (χ3n) is 2.16. The van der Waals surface area contributed by atoms with Crippen molar-refractivity contribution >= 4 is 27.4 Å². The summed E-state index contributed by atoms with van der Waals surface area (Å²) in [7, 11) is -3.73. The molecule has 0 saturated heterocycles. The van der Waals surface area contributed by atoms with Gasteiger partial charge < -0.3 is 10.4 Å². The second-order valence-electron chi connectivity index (χ2n) is 3.74. The van der Waals surface area contributed by atoms with E-state index in [2.05, 4.69) is 0 Å². The highest BCUT2D eigenvalue weighted by molar-refractivity contribution is 7.90. The first-order chi connectivity index (χ1) is 8.93. The highest BCUT2D eigenvalue weighted by Gasteiger charge is 2.39. The number of carboxylic acid groups (broad SMARTS) is 1. The van der Waals surface area contributed by atoms with E-state index in [1.165, 1.54) is 5.32 Å². The van der Waals surface area contributed by atoms with E-state index in [4.69, 9.17) is 5.11 Å². The summed E-state index contributed by atoms with van der Waals surface area (Å²) >= 11 is 0. The van der Waals surface area contributed by atoms with Crippen LogP contribution in [0.5, 0.6) is 0 Å². The summed E-state index contributed by atoms with van der Waals surface area (Å²) in [5.41, 5.74) is -1.40. The summed E-state index contributed by atoms with van der Waals surface area (Å²) in [6, 6.07) is 2.35. The highest BCUT2D eigenvalue weighted by Crippen LogP contribution is 2.23. The molecule has 0 saturated carbocycles. The Hall–Kier alpha value is -2.10. The van der Waals surface area contributed by atoms with E-state index in [1.807, 2.05) is 0 Å². The molecule has 0 aromatic heterocycles. The van der Waals surface area contributed by atoms with Gasteiger partial charge in [0.2, 0.25) is 0 Å². The van der Waals surface area contributed by atoms with Crippen LogP contribution in [0, 0.1) is 0 Å². The lowest BCUT2D eigenvalue weighted by atomic mass is 10.2. The molecular formula is C10H8F3NO5S. The number of hydrogen-bond acceptors (Lipinski definition) is 4. The van der Waals surface area contributed by atoms with Gasteiger partial charge in [0.1, 0.15) is 0 Å². The summed E-state index contributed by atoms with van der Waals surface area (Å²) in [5, 5.41) is 10.2. The van der Waals surface area contributed by atoms with E-state index in [9.17, 15) is 31.2 Å². The standard InChI is InChI=1S/C10H8F3NO5S/c1-20(18,19)5-2-3-7(6(4-5)8(15)16)14-9(17)10(11,12)13/h2-4H,1H3,(H,14,17)(H,15,16). The number of carboxylic acids is 1. The molecule has 0 heterocycles. The first kappa shape index (κ1) is 16.0. The Labute approximate surface area is 111 Å². The molecule has 2 N–H and O–H groups in total. The smallest absolute Gasteiger partial charge is 0.471 e. The minimum atomic E-state index is -5.19. The maximum Gasteiger partial charge on any atom is 0.471 e. The largest absolute Gasteiger partial charge is 0.478 e. The van der Waals surface area contributed by atoms with Crippen molar-refractivity contribution in [1.82, 2.24) is 0 Å². The summed E-state index contributed by atoms with van der Waals surface area (Å²) in [5.74, 6) is -4.03. The van der Waals surface area contributed by atoms with Crippen molar-refractivity contribution in [1.29, 1.82) is 0 Å². The number of nitrogens with one attached hydrogen (secondary N) is 1. The van der Waals surface area contributed by atoms with Crippen LogP contribution in [0.3, 0.4) is 0 Å². The number of halogens is 3. The maximum absolute atomic E-state index is 12.1. The first-order valence-electron chi connectivity index (χ1n) is 4.88. The third-order valence-corrected chi connectivity index (χ3v) is 3.27. The average molecular weight is 311 g/mol. The number of carbonyl (C=O) groups excluding carboxylic acids is 1. The number of hydrogen-bond donors (Lipinski definition) is 2. The summed E-state index contributed by atoms with van der Waals surface area (Å²) in [6.07, 6.45) is -4.38. The Morgan fingerprint density at radius 3 is 2.20 bits per heavy atom. The molecular weight excluding hydrogens is 303 g/mol. The van der Waals surface area contributed by atoms with Gasteiger partial charge in [0.25, 0.3) is 0 Å². The van der Waals surface area contributed by atoms with Crippen LogP contribution in [-0.2, 0) is 14.6 Å². The molecule has 1 rings (SSSR count). The Balaban J connectivity index is 3.29. The molecule has 1 aromatic carbocycles. The van der Waals surface area contributed by atoms with Gasteiger partial charge in [0.15, 0.2) is 9.84 Å². The van der Waals surface area contributed by atoms with Gasteiger partial charge in [-0.2, -0.15) is 13.2 Å². The normalized spacial score (nSPS) is 12.0. The number of sulfone groups is 1. The van der Waals surface area contributed by atoms with Crippen LogP contribution < -0.4 is 5.32 Å². The second kappa shape index (κ2) is 5.12. The molecule has 0 fully saturated rings. The molecule has 0 unspecified atom stereocenters. The zero-order chi connectivity index (χ0) is 15.7. The fourth-order valence-corrected chi connectivity index (χ4v) is 1.88. The number of anilines is 1. The molecule has 0 radical (unpaired) electrons. The quantitative estimate of drug-likeness (QED) is 0.876. The van der Waals surface area contributed by atoms with Gasteiger partial charge in [-0.05, 0) is 18.2 Å². The van der Waals surface area contributed by atoms with Gasteiger partial charge in [0.05, 0.1) is 16.1 Å². The lowest BCUT2D eigenvalue weighted by Crippen LogP contribution is -2.30. The minimum absolute atomic E-state index is 0.389. The summed E-state index contributed by atoms with van der Waals surface area (Å²) in [4.78, 5) is 21.3. The third kappa shape index (κ3) is 3.70. The SMILES string of the molecule is CS(=O)(=O)c1ccc(NC(=O)C(F)(F)F)c(C(=O)O)c1. The molecule has 10 heteroatoms. The number of carbonyl (C=O) groups is 2. The Bertz CT molecular complexity index is 666. The predicted octanol–water partition coefficient (Wildman–Crippen LogP) is 1.29. The first-order valence-corrected chi connectivity index (χ1v) is 6.77. The van der Waals surface area contributed by atoms with Gasteiger partial charge in [-0.1, -0.05) is 0 Å². The number of amides is 1. The van der Waals surface area contributed by atoms with Gasteiger partial charge in [-0.25, -0.2) is 13.2 Å². The molecule has 1 aromatic rings. The van der Waals surface area contributed by atoms with Crippen LogP contribution in [0.1, 0.15) is 10.4 Å². The molecule has 0 spiro atoms. The van der Waals surface area contributed by atoms with Crippen molar-refractivity contribution in [2.45, 2.75) is 11.1 Å². The zero-order valence-corrected chi connectivity index (χ0v) is 10.7. The van der Waals surface area contributed by atoms with E-state index in [0.29, 0.717) is 6.07 Å². The molecule has 1 amide bonds. The molecule has 0 aliphatic carbocycles. The van der Waals surface area contributed by atoms with E-state index >= 15 is 0 Å².